The van der Waals surface area contributed by atoms with Crippen molar-refractivity contribution in [2.75, 3.05) is 32.0 Å². The molecule has 0 unspecified atom stereocenters. The SMILES string of the molecule is CC[C@H](C)[C@@H](CC(=O)N[C@@H](CCCCN)CC(=O)N[C@@H](CCC(N)=O)CC(=O)N[C@H](CC(=O)N[C@@H](C)CC(=O)N[C@@H](CO)CC(=O)N[C@H](CC(=O)N1CCC[C@H]1CC(=O)O)Cc1ccccc1)CC(C)C)NC(=O)C[C@H](Cc1ccc(O)cc1)NC(=O)C[C@H](CC(=O)O)NC(=O)C[C@H](CS)NC(=O)CCNC(=O)C[C@H](Cc1ccc(O)cc1)NC(=O)C[C@H](Cc1ccccc1)NC(=O)C[C@H](C)N. The van der Waals surface area contributed by atoms with Crippen LogP contribution in [0.2, 0.25) is 0 Å². The molecule has 0 saturated carbocycles. The number of primary amides is 1. The van der Waals surface area contributed by atoms with Crippen molar-refractivity contribution in [2.45, 2.75) is 312 Å². The van der Waals surface area contributed by atoms with Crippen molar-refractivity contribution in [3.05, 3.63) is 131 Å². The van der Waals surface area contributed by atoms with E-state index in [1.54, 1.807) is 38.1 Å². The van der Waals surface area contributed by atoms with Gasteiger partial charge in [0.25, 0.3) is 0 Å². The number of aliphatic hydroxyl groups is 1. The van der Waals surface area contributed by atoms with Crippen LogP contribution in [0.25, 0.3) is 0 Å². The number of unbranched alkanes of at least 4 members (excludes halogenated alkanes) is 1. The quantitative estimate of drug-likeness (QED) is 0.0223. The fourth-order valence-electron chi connectivity index (χ4n) is 16.4. The minimum atomic E-state index is -1.38. The summed E-state index contributed by atoms with van der Waals surface area (Å²) in [7, 11) is 0. The molecule has 0 radical (unpaired) electrons. The van der Waals surface area contributed by atoms with Gasteiger partial charge < -0.3 is 117 Å². The minimum absolute atomic E-state index is 0.00569. The summed E-state index contributed by atoms with van der Waals surface area (Å²) < 4.78 is 0. The zero-order chi connectivity index (χ0) is 101. The van der Waals surface area contributed by atoms with E-state index in [4.69, 9.17) is 17.2 Å². The lowest BCUT2D eigenvalue weighted by molar-refractivity contribution is -0.141. The molecule has 4 aromatic carbocycles. The normalized spacial score (nSPS) is 15.4. The van der Waals surface area contributed by atoms with E-state index < -0.39 is 199 Å². The highest BCUT2D eigenvalue weighted by Gasteiger charge is 2.35. The molecular weight excluding hydrogens is 1790 g/mol. The molecule has 1 aliphatic heterocycles. The topological polar surface area (TPSA) is 629 Å². The number of benzene rings is 4. The Kier molecular flexibility index (Phi) is 52.5. The summed E-state index contributed by atoms with van der Waals surface area (Å²) in [5, 5.41) is 86.2. The van der Waals surface area contributed by atoms with E-state index in [-0.39, 0.29) is 169 Å². The van der Waals surface area contributed by atoms with Crippen LogP contribution in [0.1, 0.15) is 224 Å². The molecule has 40 heteroatoms. The molecule has 0 spiro atoms. The first-order chi connectivity index (χ1) is 65.1. The van der Waals surface area contributed by atoms with Gasteiger partial charge in [-0.2, -0.15) is 12.6 Å². The summed E-state index contributed by atoms with van der Waals surface area (Å²) in [6, 6.07) is 19.1. The number of aliphatic hydroxyl groups excluding tert-OH is 1. The van der Waals surface area contributed by atoms with E-state index in [0.29, 0.717) is 69.2 Å². The lowest BCUT2D eigenvalue weighted by Crippen LogP contribution is -2.49. The fourth-order valence-corrected chi connectivity index (χ4v) is 16.6. The van der Waals surface area contributed by atoms with Crippen molar-refractivity contribution >= 4 is 113 Å². The maximum Gasteiger partial charge on any atom is 0.305 e. The molecule has 1 fully saturated rings. The maximum absolute atomic E-state index is 14.3. The average molecular weight is 1930 g/mol. The summed E-state index contributed by atoms with van der Waals surface area (Å²) in [4.78, 5) is 230. The van der Waals surface area contributed by atoms with E-state index in [1.165, 1.54) is 29.2 Å². The van der Waals surface area contributed by atoms with Gasteiger partial charge in [0, 0.05) is 194 Å². The number of nitrogens with two attached hydrogens (primary N) is 3. The van der Waals surface area contributed by atoms with Gasteiger partial charge in [0.05, 0.1) is 25.5 Å². The van der Waals surface area contributed by atoms with Crippen molar-refractivity contribution in [3.63, 3.8) is 0 Å². The van der Waals surface area contributed by atoms with Gasteiger partial charge in [-0.25, -0.2) is 0 Å². The molecule has 0 aromatic heterocycles. The smallest absolute Gasteiger partial charge is 0.305 e. The highest BCUT2D eigenvalue weighted by molar-refractivity contribution is 7.80. The molecule has 1 heterocycles. The number of aromatic hydroxyl groups is 2. The number of nitrogens with one attached hydrogen (secondary N) is 13. The van der Waals surface area contributed by atoms with Crippen LogP contribution in [0.4, 0.5) is 0 Å². The zero-order valence-electron chi connectivity index (χ0n) is 79.5. The number of thiol groups is 1. The Balaban J connectivity index is 1.15. The Morgan fingerprint density at radius 1 is 0.416 bits per heavy atom. The average Bonchev–Trinajstić information content (AvgIpc) is 1.72. The number of carboxylic acid groups (broad SMARTS) is 2. The largest absolute Gasteiger partial charge is 0.508 e. The second-order valence-electron chi connectivity index (χ2n) is 36.4. The monoisotopic (exact) mass is 1930 g/mol. The molecule has 137 heavy (non-hydrogen) atoms. The maximum atomic E-state index is 14.3. The number of aliphatic carboxylic acids is 2. The van der Waals surface area contributed by atoms with E-state index >= 15 is 0 Å². The molecule has 24 N–H and O–H groups in total. The van der Waals surface area contributed by atoms with Gasteiger partial charge in [-0.15, -0.1) is 0 Å². The van der Waals surface area contributed by atoms with E-state index in [0.717, 1.165) is 11.1 Å². The number of rotatable bonds is 66. The number of phenolic OH excluding ortho intramolecular Hbond substituents is 2. The second-order valence-corrected chi connectivity index (χ2v) is 36.8. The standard InChI is InChI=1S/C97H145N17O22S/c1-7-60(4)80(56-94(131)103-67(21-14-15-34-98)44-87(124)104-68(27-32-81(100)118)45-88(125)105-69(37-59(2)3)47-86(123)102-62(6)39-85(122)111-75(57-115)51-91(128)109-73(41-64-19-12-9-13-20-64)53-95(132)114-36-16-22-77(114)55-97(135)136)113-93(130)49-72(43-66-25-30-79(117)31-26-66)108-90(127)50-74(54-96(133)134)110-92(129)52-76(58-137)112-82(119)33-35-101-83(120)46-70(42-65-23-28-78(116)29-24-65)107-89(126)48-71(106-84(121)38-61(5)99)40-63-17-10-8-11-18-63/h8-13,17-20,23-26,28-31,59-62,67-77,80,115-117,137H,7,14-16,21-22,27,32-58,98-99H2,1-6H3,(H2,100,118)(H,101,120)(H,102,123)(H,103,131)(H,104,124)(H,105,125)(H,106,121)(H,107,126)(H,108,127)(H,109,128)(H,110,129)(H,111,122)(H,112,119)(H,113,130)(H,133,134)(H,135,136)/t60-,61-,62-,67-,68-,69-,70-,71-,72-,73-,74+,75+,76+,77-,80+/m0/s1. The van der Waals surface area contributed by atoms with Crippen LogP contribution in [-0.4, -0.2) is 248 Å². The van der Waals surface area contributed by atoms with Gasteiger partial charge in [-0.05, 0) is 143 Å². The Hall–Kier alpha value is -12.3. The highest BCUT2D eigenvalue weighted by atomic mass is 32.1. The first kappa shape index (κ1) is 115. The molecule has 1 aliphatic rings. The van der Waals surface area contributed by atoms with Gasteiger partial charge in [-0.3, -0.25) is 81.5 Å². The first-order valence-electron chi connectivity index (χ1n) is 47.2. The second kappa shape index (κ2) is 62.4. The Bertz CT molecular complexity index is 4540. The van der Waals surface area contributed by atoms with Crippen LogP contribution in [0.3, 0.4) is 0 Å². The van der Waals surface area contributed by atoms with Gasteiger partial charge >= 0.3 is 11.9 Å². The number of hydrogen-bond donors (Lipinski definition) is 22. The number of carbonyl (C=O) groups excluding carboxylic acids is 15. The van der Waals surface area contributed by atoms with Gasteiger partial charge in [-0.1, -0.05) is 125 Å². The number of carboxylic acids is 2. The molecule has 15 amide bonds. The van der Waals surface area contributed by atoms with Crippen molar-refractivity contribution in [3.8, 4) is 11.5 Å². The van der Waals surface area contributed by atoms with Gasteiger partial charge in [0.2, 0.25) is 88.6 Å². The van der Waals surface area contributed by atoms with Crippen LogP contribution in [-0.2, 0) is 107 Å². The summed E-state index contributed by atoms with van der Waals surface area (Å²) in [6.07, 6.45) is -1.18. The van der Waals surface area contributed by atoms with Gasteiger partial charge in [0.1, 0.15) is 11.5 Å². The van der Waals surface area contributed by atoms with Crippen molar-refractivity contribution < 1.29 is 107 Å². The van der Waals surface area contributed by atoms with Crippen LogP contribution in [0.15, 0.2) is 109 Å². The zero-order valence-corrected chi connectivity index (χ0v) is 80.4. The summed E-state index contributed by atoms with van der Waals surface area (Å²) in [5.74, 6) is -11.4. The molecule has 15 atom stereocenters. The molecule has 756 valence electrons. The number of nitrogens with zero attached hydrogens (tertiary/aromatic N) is 1. The molecule has 0 aliphatic carbocycles. The summed E-state index contributed by atoms with van der Waals surface area (Å²) in [5.41, 5.74) is 20.3. The molecule has 39 nitrogen and oxygen atoms in total. The number of likely N-dealkylation sites (tertiary alicyclic amines) is 1. The lowest BCUT2D eigenvalue weighted by atomic mass is 9.94. The summed E-state index contributed by atoms with van der Waals surface area (Å²) >= 11 is 4.33. The van der Waals surface area contributed by atoms with Crippen LogP contribution in [0, 0.1) is 11.8 Å². The van der Waals surface area contributed by atoms with E-state index in [2.05, 4.69) is 81.7 Å². The van der Waals surface area contributed by atoms with Crippen molar-refractivity contribution in [2.24, 2.45) is 29.0 Å². The first-order valence-corrected chi connectivity index (χ1v) is 47.9. The summed E-state index contributed by atoms with van der Waals surface area (Å²) in [6.45, 7) is 10.6. The predicted molar refractivity (Wildman–Crippen MR) is 514 cm³/mol. The highest BCUT2D eigenvalue weighted by Crippen LogP contribution is 2.25. The predicted octanol–water partition coefficient (Wildman–Crippen LogP) is 2.48. The molecule has 1 saturated heterocycles. The van der Waals surface area contributed by atoms with E-state index in [9.17, 15) is 107 Å². The van der Waals surface area contributed by atoms with Gasteiger partial charge in [0.15, 0.2) is 0 Å². The van der Waals surface area contributed by atoms with Crippen LogP contribution in [0.5, 0.6) is 11.5 Å². The van der Waals surface area contributed by atoms with E-state index in [1.807, 2.05) is 88.4 Å². The number of hydrogen-bond acceptors (Lipinski definition) is 23. The Morgan fingerprint density at radius 3 is 1.28 bits per heavy atom. The third-order valence-electron chi connectivity index (χ3n) is 23.1. The third kappa shape index (κ3) is 49.9. The minimum Gasteiger partial charge on any atom is -0.508 e. The third-order valence-corrected chi connectivity index (χ3v) is 23.5. The molecular formula is C97H145N17O22S. The number of phenols is 2. The molecule has 4 aromatic rings. The number of carbonyl (C=O) groups is 17. The van der Waals surface area contributed by atoms with Crippen LogP contribution >= 0.6 is 12.6 Å². The molecule has 5 rings (SSSR count). The fraction of sp³-hybridized carbons (Fsp3) is 0.577. The molecule has 0 bridgehead atoms. The van der Waals surface area contributed by atoms with Crippen molar-refractivity contribution in [1.82, 2.24) is 74.0 Å². The van der Waals surface area contributed by atoms with Crippen molar-refractivity contribution in [1.29, 1.82) is 0 Å². The number of amides is 15. The lowest BCUT2D eigenvalue weighted by Gasteiger charge is -2.27. The Morgan fingerprint density at radius 2 is 0.810 bits per heavy atom. The Labute approximate surface area is 806 Å². The van der Waals surface area contributed by atoms with Crippen LogP contribution < -0.4 is 86.3 Å².